The lowest BCUT2D eigenvalue weighted by molar-refractivity contribution is -0.136. The van der Waals surface area contributed by atoms with E-state index in [9.17, 15) is 14.4 Å². The van der Waals surface area contributed by atoms with E-state index in [0.717, 1.165) is 5.56 Å². The van der Waals surface area contributed by atoms with Crippen molar-refractivity contribution in [2.24, 2.45) is 7.05 Å². The number of carbonyl (C=O) groups excluding carboxylic acids is 3. The van der Waals surface area contributed by atoms with E-state index < -0.39 is 12.0 Å². The first-order valence-electron chi connectivity index (χ1n) is 9.36. The Kier molecular flexibility index (Phi) is 7.34. The van der Waals surface area contributed by atoms with Crippen molar-refractivity contribution in [3.8, 4) is 0 Å². The first-order chi connectivity index (χ1) is 13.7. The summed E-state index contributed by atoms with van der Waals surface area (Å²) in [5.74, 6) is -1.02. The van der Waals surface area contributed by atoms with Gasteiger partial charge in [-0.15, -0.1) is 0 Å². The van der Waals surface area contributed by atoms with Crippen molar-refractivity contribution in [1.82, 2.24) is 9.47 Å². The minimum absolute atomic E-state index is 0.122. The summed E-state index contributed by atoms with van der Waals surface area (Å²) in [7, 11) is 4.59. The molecule has 7 heteroatoms. The van der Waals surface area contributed by atoms with E-state index in [1.54, 1.807) is 39.4 Å². The molecule has 29 heavy (non-hydrogen) atoms. The van der Waals surface area contributed by atoms with Gasteiger partial charge in [0.1, 0.15) is 12.3 Å². The molecule has 1 aromatic heterocycles. The van der Waals surface area contributed by atoms with E-state index in [4.69, 9.17) is 9.47 Å². The van der Waals surface area contributed by atoms with Crippen molar-refractivity contribution in [3.05, 3.63) is 58.4 Å². The third-order valence-corrected chi connectivity index (χ3v) is 5.25. The van der Waals surface area contributed by atoms with Crippen LogP contribution in [0.25, 0.3) is 0 Å². The van der Waals surface area contributed by atoms with Gasteiger partial charge >= 0.3 is 5.97 Å². The second kappa shape index (κ2) is 9.52. The van der Waals surface area contributed by atoms with Crippen LogP contribution in [0, 0.1) is 13.8 Å². The van der Waals surface area contributed by atoms with Crippen LogP contribution in [0.5, 0.6) is 0 Å². The fourth-order valence-electron chi connectivity index (χ4n) is 3.26. The molecule has 0 radical (unpaired) electrons. The first kappa shape index (κ1) is 22.4. The summed E-state index contributed by atoms with van der Waals surface area (Å²) in [6.07, 6.45) is 0. The van der Waals surface area contributed by atoms with Gasteiger partial charge in [-0.3, -0.25) is 9.59 Å². The molecule has 1 aromatic carbocycles. The van der Waals surface area contributed by atoms with E-state index in [1.807, 2.05) is 30.3 Å². The number of Topliss-reactive ketones (excluding diaryl/α,β-unsaturated/α-hetero) is 1. The van der Waals surface area contributed by atoms with Gasteiger partial charge in [0.15, 0.2) is 5.78 Å². The number of ketones is 1. The SMILES string of the molecule is COC(=O)c1c(C)c(C(=O)[C@@H](C)N(C)C(=O)COCc2ccccc2)c(C)n1C. The summed E-state index contributed by atoms with van der Waals surface area (Å²) in [5, 5.41) is 0. The van der Waals surface area contributed by atoms with Gasteiger partial charge in [-0.05, 0) is 31.9 Å². The van der Waals surface area contributed by atoms with E-state index >= 15 is 0 Å². The largest absolute Gasteiger partial charge is 0.464 e. The molecule has 0 saturated heterocycles. The molecule has 2 aromatic rings. The fourth-order valence-corrected chi connectivity index (χ4v) is 3.26. The van der Waals surface area contributed by atoms with Crippen LogP contribution >= 0.6 is 0 Å². The number of benzene rings is 1. The number of methoxy groups -OCH3 is 1. The highest BCUT2D eigenvalue weighted by Crippen LogP contribution is 2.24. The zero-order valence-corrected chi connectivity index (χ0v) is 17.8. The van der Waals surface area contributed by atoms with Crippen LogP contribution in [-0.4, -0.2) is 53.9 Å². The molecule has 0 spiro atoms. The van der Waals surface area contributed by atoms with Crippen molar-refractivity contribution in [2.75, 3.05) is 20.8 Å². The third kappa shape index (κ3) is 4.74. The highest BCUT2D eigenvalue weighted by Gasteiger charge is 2.30. The predicted octanol–water partition coefficient (Wildman–Crippen LogP) is 2.67. The van der Waals surface area contributed by atoms with Crippen LogP contribution in [0.15, 0.2) is 30.3 Å². The van der Waals surface area contributed by atoms with Gasteiger partial charge in [-0.25, -0.2) is 4.79 Å². The van der Waals surface area contributed by atoms with Gasteiger partial charge in [0.2, 0.25) is 5.91 Å². The summed E-state index contributed by atoms with van der Waals surface area (Å²) in [5.41, 5.74) is 2.94. The molecule has 1 amide bonds. The molecule has 156 valence electrons. The Bertz CT molecular complexity index is 902. The number of esters is 1. The van der Waals surface area contributed by atoms with Crippen molar-refractivity contribution in [1.29, 1.82) is 0 Å². The van der Waals surface area contributed by atoms with E-state index in [0.29, 0.717) is 29.1 Å². The van der Waals surface area contributed by atoms with Crippen LogP contribution in [-0.2, 0) is 27.9 Å². The lowest BCUT2D eigenvalue weighted by Gasteiger charge is -2.24. The maximum Gasteiger partial charge on any atom is 0.354 e. The molecule has 0 aliphatic heterocycles. The highest BCUT2D eigenvalue weighted by molar-refractivity contribution is 6.06. The number of nitrogens with zero attached hydrogens (tertiary/aromatic N) is 2. The molecule has 0 fully saturated rings. The fraction of sp³-hybridized carbons (Fsp3) is 0.409. The molecule has 0 saturated carbocycles. The van der Waals surface area contributed by atoms with Crippen molar-refractivity contribution >= 4 is 17.7 Å². The maximum atomic E-state index is 13.1. The standard InChI is InChI=1S/C22H28N2O5/c1-14-19(15(2)24(5)20(14)22(27)28-6)21(26)16(3)23(4)18(25)13-29-12-17-10-8-7-9-11-17/h7-11,16H,12-13H2,1-6H3/t16-/m1/s1. The van der Waals surface area contributed by atoms with Crippen molar-refractivity contribution < 1.29 is 23.9 Å². The Balaban J connectivity index is 2.09. The Hall–Kier alpha value is -2.93. The minimum Gasteiger partial charge on any atom is -0.464 e. The van der Waals surface area contributed by atoms with Gasteiger partial charge in [-0.2, -0.15) is 0 Å². The molecule has 0 aliphatic rings. The molecule has 1 heterocycles. The third-order valence-electron chi connectivity index (χ3n) is 5.25. The van der Waals surface area contributed by atoms with Gasteiger partial charge in [-0.1, -0.05) is 30.3 Å². The van der Waals surface area contributed by atoms with Crippen molar-refractivity contribution in [2.45, 2.75) is 33.4 Å². The lowest BCUT2D eigenvalue weighted by atomic mass is 10.00. The quantitative estimate of drug-likeness (QED) is 0.503. The van der Waals surface area contributed by atoms with Gasteiger partial charge < -0.3 is 18.9 Å². The maximum absolute atomic E-state index is 13.1. The summed E-state index contributed by atoms with van der Waals surface area (Å²) < 4.78 is 12.0. The number of hydrogen-bond acceptors (Lipinski definition) is 5. The number of aromatic nitrogens is 1. The molecule has 2 rings (SSSR count). The van der Waals surface area contributed by atoms with Crippen LogP contribution < -0.4 is 0 Å². The molecular formula is C22H28N2O5. The number of rotatable bonds is 8. The Labute approximate surface area is 171 Å². The number of carbonyl (C=O) groups is 3. The van der Waals surface area contributed by atoms with Gasteiger partial charge in [0.25, 0.3) is 0 Å². The topological polar surface area (TPSA) is 77.8 Å². The number of amides is 1. The van der Waals surface area contributed by atoms with E-state index in [2.05, 4.69) is 0 Å². The normalized spacial score (nSPS) is 11.8. The minimum atomic E-state index is -0.701. The van der Waals surface area contributed by atoms with Crippen LogP contribution in [0.4, 0.5) is 0 Å². The Morgan fingerprint density at radius 3 is 2.34 bits per heavy atom. The summed E-state index contributed by atoms with van der Waals surface area (Å²) in [4.78, 5) is 39.0. The van der Waals surface area contributed by atoms with Crippen LogP contribution in [0.1, 0.15) is 44.6 Å². The summed E-state index contributed by atoms with van der Waals surface area (Å²) in [6, 6.07) is 8.85. The molecule has 1 atom stereocenters. The number of likely N-dealkylation sites (N-methyl/N-ethyl adjacent to an activating group) is 1. The smallest absolute Gasteiger partial charge is 0.354 e. The first-order valence-corrected chi connectivity index (χ1v) is 9.36. The molecule has 0 N–H and O–H groups in total. The predicted molar refractivity (Wildman–Crippen MR) is 109 cm³/mol. The second-order valence-corrected chi connectivity index (χ2v) is 7.01. The molecule has 0 aliphatic carbocycles. The van der Waals surface area contributed by atoms with Gasteiger partial charge in [0, 0.05) is 25.4 Å². The average Bonchev–Trinajstić information content (AvgIpc) is 2.94. The molecule has 7 nitrogen and oxygen atoms in total. The zero-order chi connectivity index (χ0) is 21.7. The number of hydrogen-bond donors (Lipinski definition) is 0. The Morgan fingerprint density at radius 2 is 1.76 bits per heavy atom. The molecular weight excluding hydrogens is 372 g/mol. The summed E-state index contributed by atoms with van der Waals surface area (Å²) in [6.45, 7) is 5.35. The monoisotopic (exact) mass is 400 g/mol. The van der Waals surface area contributed by atoms with Crippen LogP contribution in [0.3, 0.4) is 0 Å². The van der Waals surface area contributed by atoms with Crippen molar-refractivity contribution in [3.63, 3.8) is 0 Å². The number of ether oxygens (including phenoxy) is 2. The van der Waals surface area contributed by atoms with Gasteiger partial charge in [0.05, 0.1) is 19.8 Å². The van der Waals surface area contributed by atoms with E-state index in [-0.39, 0.29) is 18.3 Å². The van der Waals surface area contributed by atoms with E-state index in [1.165, 1.54) is 12.0 Å². The molecule has 0 bridgehead atoms. The Morgan fingerprint density at radius 1 is 1.14 bits per heavy atom. The lowest BCUT2D eigenvalue weighted by Crippen LogP contribution is -2.42. The van der Waals surface area contributed by atoms with Crippen LogP contribution in [0.2, 0.25) is 0 Å². The average molecular weight is 400 g/mol. The zero-order valence-electron chi connectivity index (χ0n) is 17.8. The second-order valence-electron chi connectivity index (χ2n) is 7.01. The summed E-state index contributed by atoms with van der Waals surface area (Å²) >= 11 is 0. The molecule has 0 unspecified atom stereocenters. The highest BCUT2D eigenvalue weighted by atomic mass is 16.5.